The molecule has 0 radical (unpaired) electrons. The van der Waals surface area contributed by atoms with Crippen LogP contribution in [0.25, 0.3) is 0 Å². The Morgan fingerprint density at radius 1 is 1.43 bits per heavy atom. The fourth-order valence-corrected chi connectivity index (χ4v) is 2.70. The van der Waals surface area contributed by atoms with E-state index in [1.165, 1.54) is 13.5 Å². The van der Waals surface area contributed by atoms with Crippen LogP contribution >= 0.6 is 0 Å². The molecule has 1 fully saturated rings. The van der Waals surface area contributed by atoms with Crippen molar-refractivity contribution < 1.29 is 14.6 Å². The first-order valence-electron chi connectivity index (χ1n) is 7.44. The Balaban J connectivity index is 1.87. The lowest BCUT2D eigenvalue weighted by Crippen LogP contribution is -2.40. The minimum Gasteiger partial charge on any atom is -0.464 e. The highest BCUT2D eigenvalue weighted by atomic mass is 16.5. The van der Waals surface area contributed by atoms with Crippen LogP contribution in [0.15, 0.2) is 12.1 Å². The van der Waals surface area contributed by atoms with Crippen molar-refractivity contribution in [1.29, 1.82) is 0 Å². The van der Waals surface area contributed by atoms with Crippen LogP contribution in [0.3, 0.4) is 0 Å². The van der Waals surface area contributed by atoms with Gasteiger partial charge in [-0.15, -0.1) is 10.2 Å². The number of carbonyl (C=O) groups is 1. The van der Waals surface area contributed by atoms with E-state index in [9.17, 15) is 9.90 Å². The summed E-state index contributed by atoms with van der Waals surface area (Å²) in [5.41, 5.74) is -0.501. The van der Waals surface area contributed by atoms with E-state index >= 15 is 0 Å². The van der Waals surface area contributed by atoms with Gasteiger partial charge in [-0.25, -0.2) is 4.79 Å². The number of carbonyl (C=O) groups excluding carboxylic acids is 1. The lowest BCUT2D eigenvalue weighted by atomic mass is 9.78. The maximum Gasteiger partial charge on any atom is 0.358 e. The largest absolute Gasteiger partial charge is 0.464 e. The van der Waals surface area contributed by atoms with E-state index in [1.54, 1.807) is 12.1 Å². The number of hydrogen-bond donors (Lipinski definition) is 2. The molecule has 1 aliphatic carbocycles. The summed E-state index contributed by atoms with van der Waals surface area (Å²) in [7, 11) is 1.30. The average molecular weight is 293 g/mol. The Morgan fingerprint density at radius 2 is 2.14 bits per heavy atom. The number of nitrogens with zero attached hydrogens (tertiary/aromatic N) is 2. The molecule has 0 unspecified atom stereocenters. The third-order valence-corrected chi connectivity index (χ3v) is 4.27. The summed E-state index contributed by atoms with van der Waals surface area (Å²) in [6, 6.07) is 3.22. The van der Waals surface area contributed by atoms with Crippen molar-refractivity contribution in [2.75, 3.05) is 19.0 Å². The second kappa shape index (κ2) is 6.85. The number of esters is 1. The van der Waals surface area contributed by atoms with E-state index in [0.29, 0.717) is 12.4 Å². The molecule has 116 valence electrons. The van der Waals surface area contributed by atoms with E-state index in [1.807, 2.05) is 0 Å². The van der Waals surface area contributed by atoms with Gasteiger partial charge in [0.25, 0.3) is 0 Å². The van der Waals surface area contributed by atoms with Crippen molar-refractivity contribution in [1.82, 2.24) is 10.2 Å². The number of ether oxygens (including phenoxy) is 1. The van der Waals surface area contributed by atoms with Gasteiger partial charge in [-0.2, -0.15) is 0 Å². The maximum atomic E-state index is 11.3. The molecule has 1 heterocycles. The zero-order chi connectivity index (χ0) is 15.3. The van der Waals surface area contributed by atoms with Crippen molar-refractivity contribution in [2.24, 2.45) is 5.92 Å². The number of aliphatic hydroxyl groups is 1. The molecule has 2 rings (SSSR count). The molecule has 6 heteroatoms. The third-order valence-electron chi connectivity index (χ3n) is 4.27. The van der Waals surface area contributed by atoms with E-state index in [0.717, 1.165) is 31.6 Å². The highest BCUT2D eigenvalue weighted by Crippen LogP contribution is 2.33. The van der Waals surface area contributed by atoms with Crippen LogP contribution in [0.2, 0.25) is 0 Å². The van der Waals surface area contributed by atoms with E-state index < -0.39 is 11.6 Å². The Bertz CT molecular complexity index is 468. The summed E-state index contributed by atoms with van der Waals surface area (Å²) in [6.07, 6.45) is 4.95. The van der Waals surface area contributed by atoms with Crippen molar-refractivity contribution in [2.45, 2.75) is 44.6 Å². The predicted octanol–water partition coefficient (Wildman–Crippen LogP) is 2.01. The smallest absolute Gasteiger partial charge is 0.358 e. The van der Waals surface area contributed by atoms with Gasteiger partial charge in [-0.1, -0.05) is 13.3 Å². The van der Waals surface area contributed by atoms with E-state index in [2.05, 4.69) is 27.2 Å². The van der Waals surface area contributed by atoms with Gasteiger partial charge < -0.3 is 15.2 Å². The van der Waals surface area contributed by atoms with Crippen molar-refractivity contribution >= 4 is 11.8 Å². The molecule has 1 aliphatic rings. The van der Waals surface area contributed by atoms with Gasteiger partial charge in [0.15, 0.2) is 5.69 Å². The molecular weight excluding hydrogens is 270 g/mol. The van der Waals surface area contributed by atoms with Crippen LogP contribution in [0.4, 0.5) is 5.82 Å². The van der Waals surface area contributed by atoms with Gasteiger partial charge >= 0.3 is 5.97 Å². The topological polar surface area (TPSA) is 84.3 Å². The van der Waals surface area contributed by atoms with Crippen LogP contribution < -0.4 is 5.32 Å². The lowest BCUT2D eigenvalue weighted by Gasteiger charge is -2.35. The molecule has 2 N–H and O–H groups in total. The Morgan fingerprint density at radius 3 is 2.67 bits per heavy atom. The van der Waals surface area contributed by atoms with Crippen LogP contribution in [-0.4, -0.2) is 40.5 Å². The number of aromatic nitrogens is 2. The molecule has 1 saturated carbocycles. The van der Waals surface area contributed by atoms with E-state index in [4.69, 9.17) is 0 Å². The summed E-state index contributed by atoms with van der Waals surface area (Å²) in [4.78, 5) is 11.3. The summed E-state index contributed by atoms with van der Waals surface area (Å²) in [5, 5.41) is 21.4. The zero-order valence-electron chi connectivity index (χ0n) is 12.6. The fourth-order valence-electron chi connectivity index (χ4n) is 2.70. The summed E-state index contributed by atoms with van der Waals surface area (Å²) >= 11 is 0. The van der Waals surface area contributed by atoms with Crippen LogP contribution in [0, 0.1) is 5.92 Å². The predicted molar refractivity (Wildman–Crippen MR) is 79.1 cm³/mol. The molecule has 0 saturated heterocycles. The number of rotatable bonds is 5. The van der Waals surface area contributed by atoms with Crippen LogP contribution in [0.1, 0.15) is 49.5 Å². The molecule has 6 nitrogen and oxygen atoms in total. The molecule has 0 amide bonds. The number of nitrogens with one attached hydrogen (secondary N) is 1. The Hall–Kier alpha value is -1.69. The van der Waals surface area contributed by atoms with Crippen molar-refractivity contribution in [3.05, 3.63) is 17.8 Å². The normalized spacial score (nSPS) is 25.4. The monoisotopic (exact) mass is 293 g/mol. The van der Waals surface area contributed by atoms with Crippen LogP contribution in [0.5, 0.6) is 0 Å². The number of anilines is 1. The minimum atomic E-state index is -0.672. The Kier molecular flexibility index (Phi) is 5.12. The molecule has 0 aromatic carbocycles. The fraction of sp³-hybridized carbons (Fsp3) is 0.667. The first kappa shape index (κ1) is 15.7. The molecule has 1 aromatic heterocycles. The van der Waals surface area contributed by atoms with Gasteiger partial charge in [-0.3, -0.25) is 0 Å². The zero-order valence-corrected chi connectivity index (χ0v) is 12.6. The molecule has 0 atom stereocenters. The molecular formula is C15H23N3O3. The van der Waals surface area contributed by atoms with Crippen LogP contribution in [-0.2, 0) is 4.74 Å². The lowest BCUT2D eigenvalue weighted by molar-refractivity contribution is 0.00221. The molecule has 0 bridgehead atoms. The van der Waals surface area contributed by atoms with Gasteiger partial charge in [0.1, 0.15) is 5.82 Å². The number of methoxy groups -OCH3 is 1. The van der Waals surface area contributed by atoms with E-state index in [-0.39, 0.29) is 5.69 Å². The molecule has 0 spiro atoms. The van der Waals surface area contributed by atoms with Crippen molar-refractivity contribution in [3.63, 3.8) is 0 Å². The summed E-state index contributed by atoms with van der Waals surface area (Å²) in [6.45, 7) is 2.65. The SMILES string of the molecule is CCC1CCC(O)(CNc2ccc(C(=O)OC)nn2)CC1. The van der Waals surface area contributed by atoms with Crippen molar-refractivity contribution in [3.8, 4) is 0 Å². The highest BCUT2D eigenvalue weighted by molar-refractivity contribution is 5.86. The minimum absolute atomic E-state index is 0.171. The first-order chi connectivity index (χ1) is 10.1. The standard InChI is InChI=1S/C15H23N3O3/c1-3-11-6-8-15(20,9-7-11)10-16-13-5-4-12(17-18-13)14(19)21-2/h4-5,11,20H,3,6-10H2,1-2H3,(H,16,18). The van der Waals surface area contributed by atoms with Gasteiger partial charge in [0.2, 0.25) is 0 Å². The second-order valence-corrected chi connectivity index (χ2v) is 5.72. The summed E-state index contributed by atoms with van der Waals surface area (Å²) in [5.74, 6) is 0.781. The van der Waals surface area contributed by atoms with Gasteiger partial charge in [0.05, 0.1) is 12.7 Å². The highest BCUT2D eigenvalue weighted by Gasteiger charge is 2.32. The quantitative estimate of drug-likeness (QED) is 0.808. The Labute approximate surface area is 124 Å². The molecule has 21 heavy (non-hydrogen) atoms. The van der Waals surface area contributed by atoms with Gasteiger partial charge in [0, 0.05) is 6.54 Å². The second-order valence-electron chi connectivity index (χ2n) is 5.72. The maximum absolute atomic E-state index is 11.3. The van der Waals surface area contributed by atoms with Gasteiger partial charge in [-0.05, 0) is 43.7 Å². The average Bonchev–Trinajstić information content (AvgIpc) is 2.53. The molecule has 1 aromatic rings. The third kappa shape index (κ3) is 4.14. The summed E-state index contributed by atoms with van der Waals surface area (Å²) < 4.78 is 4.57. The number of hydrogen-bond acceptors (Lipinski definition) is 6. The first-order valence-corrected chi connectivity index (χ1v) is 7.44. The molecule has 0 aliphatic heterocycles.